The monoisotopic (exact) mass is 453 g/mol. The number of hydrogen-bond acceptors (Lipinski definition) is 7. The van der Waals surface area contributed by atoms with Crippen molar-refractivity contribution in [2.75, 3.05) is 30.2 Å². The zero-order valence-electron chi connectivity index (χ0n) is 17.3. The van der Waals surface area contributed by atoms with Crippen molar-refractivity contribution in [1.29, 1.82) is 0 Å². The van der Waals surface area contributed by atoms with Crippen molar-refractivity contribution in [3.8, 4) is 11.5 Å². The molecule has 164 valence electrons. The van der Waals surface area contributed by atoms with Crippen LogP contribution in [-0.4, -0.2) is 50.2 Å². The summed E-state index contributed by atoms with van der Waals surface area (Å²) < 4.78 is 37.5. The van der Waals surface area contributed by atoms with E-state index in [2.05, 4.69) is 15.0 Å². The lowest BCUT2D eigenvalue weighted by Gasteiger charge is -2.18. The number of pyridine rings is 1. The van der Waals surface area contributed by atoms with E-state index in [1.54, 1.807) is 42.4 Å². The summed E-state index contributed by atoms with van der Waals surface area (Å²) in [6.07, 6.45) is 5.64. The molecule has 1 aromatic carbocycles. The first-order valence-corrected chi connectivity index (χ1v) is 12.4. The molecule has 8 nitrogen and oxygen atoms in total. The standard InChI is InChI=1S/C20H27N3O5S2/c1-4-30(25,26)23-17(9-12-29-3)20(24)22-16-5-6-18(27-2)19(13-16)28-14-15-7-10-21-11-8-15/h5-8,10-11,13,17,23H,4,9,12,14H2,1-3H3,(H,22,24). The summed E-state index contributed by atoms with van der Waals surface area (Å²) in [6.45, 7) is 1.84. The molecule has 30 heavy (non-hydrogen) atoms. The van der Waals surface area contributed by atoms with E-state index in [1.807, 2.05) is 18.4 Å². The molecule has 2 rings (SSSR count). The maximum atomic E-state index is 12.7. The Morgan fingerprint density at radius 1 is 1.20 bits per heavy atom. The highest BCUT2D eigenvalue weighted by Crippen LogP contribution is 2.31. The molecule has 1 heterocycles. The number of amides is 1. The number of ether oxygens (including phenoxy) is 2. The number of rotatable bonds is 12. The normalized spacial score (nSPS) is 12.2. The number of sulfonamides is 1. The van der Waals surface area contributed by atoms with Crippen LogP contribution in [0.15, 0.2) is 42.7 Å². The molecule has 0 aliphatic rings. The number of methoxy groups -OCH3 is 1. The number of hydrogen-bond donors (Lipinski definition) is 2. The highest BCUT2D eigenvalue weighted by Gasteiger charge is 2.23. The average molecular weight is 454 g/mol. The van der Waals surface area contributed by atoms with Gasteiger partial charge in [0.25, 0.3) is 0 Å². The smallest absolute Gasteiger partial charge is 0.242 e. The van der Waals surface area contributed by atoms with Crippen molar-refractivity contribution in [2.45, 2.75) is 26.0 Å². The van der Waals surface area contributed by atoms with Crippen LogP contribution in [0.3, 0.4) is 0 Å². The third-order valence-electron chi connectivity index (χ3n) is 4.20. The van der Waals surface area contributed by atoms with Gasteiger partial charge in [0.05, 0.1) is 12.9 Å². The van der Waals surface area contributed by atoms with Crippen molar-refractivity contribution in [3.63, 3.8) is 0 Å². The Morgan fingerprint density at radius 3 is 2.57 bits per heavy atom. The molecule has 0 fully saturated rings. The lowest BCUT2D eigenvalue weighted by atomic mass is 10.2. The van der Waals surface area contributed by atoms with Gasteiger partial charge >= 0.3 is 0 Å². The molecule has 0 saturated heterocycles. The predicted octanol–water partition coefficient (Wildman–Crippen LogP) is 2.67. The van der Waals surface area contributed by atoms with Crippen molar-refractivity contribution < 1.29 is 22.7 Å². The van der Waals surface area contributed by atoms with Gasteiger partial charge in [-0.05, 0) is 55.2 Å². The first-order valence-electron chi connectivity index (χ1n) is 9.38. The van der Waals surface area contributed by atoms with Crippen LogP contribution < -0.4 is 19.5 Å². The summed E-state index contributed by atoms with van der Waals surface area (Å²) >= 11 is 1.54. The SMILES string of the molecule is CCS(=O)(=O)NC(CCSC)C(=O)Nc1ccc(OC)c(OCc2ccncc2)c1. The van der Waals surface area contributed by atoms with Crippen molar-refractivity contribution in [3.05, 3.63) is 48.3 Å². The van der Waals surface area contributed by atoms with Gasteiger partial charge in [-0.2, -0.15) is 11.8 Å². The fourth-order valence-corrected chi connectivity index (χ4v) is 3.81. The molecular formula is C20H27N3O5S2. The fraction of sp³-hybridized carbons (Fsp3) is 0.400. The maximum Gasteiger partial charge on any atom is 0.242 e. The molecule has 10 heteroatoms. The molecule has 1 aromatic heterocycles. The lowest BCUT2D eigenvalue weighted by Crippen LogP contribution is -2.44. The second-order valence-electron chi connectivity index (χ2n) is 6.35. The number of carbonyl (C=O) groups excluding carboxylic acids is 1. The molecule has 0 bridgehead atoms. The van der Waals surface area contributed by atoms with Gasteiger partial charge in [0, 0.05) is 24.1 Å². The summed E-state index contributed by atoms with van der Waals surface area (Å²) in [4.78, 5) is 16.7. The Balaban J connectivity index is 2.13. The third kappa shape index (κ3) is 7.51. The summed E-state index contributed by atoms with van der Waals surface area (Å²) in [6, 6.07) is 7.84. The Labute approximate surface area is 181 Å². The first kappa shape index (κ1) is 24.0. The minimum Gasteiger partial charge on any atom is -0.493 e. The van der Waals surface area contributed by atoms with Gasteiger partial charge in [0.2, 0.25) is 15.9 Å². The fourth-order valence-electron chi connectivity index (χ4n) is 2.52. The number of thioether (sulfide) groups is 1. The van der Waals surface area contributed by atoms with Crippen molar-refractivity contribution in [1.82, 2.24) is 9.71 Å². The molecule has 1 atom stereocenters. The molecule has 1 amide bonds. The zero-order valence-corrected chi connectivity index (χ0v) is 18.9. The molecule has 0 spiro atoms. The van der Waals surface area contributed by atoms with Gasteiger partial charge in [0.15, 0.2) is 11.5 Å². The molecule has 0 aliphatic heterocycles. The lowest BCUT2D eigenvalue weighted by molar-refractivity contribution is -0.117. The predicted molar refractivity (Wildman–Crippen MR) is 120 cm³/mol. The summed E-state index contributed by atoms with van der Waals surface area (Å²) in [5.41, 5.74) is 1.42. The second kappa shape index (κ2) is 11.8. The molecule has 2 aromatic rings. The maximum absolute atomic E-state index is 12.7. The minimum atomic E-state index is -3.51. The van der Waals surface area contributed by atoms with Crippen LogP contribution in [0.1, 0.15) is 18.9 Å². The van der Waals surface area contributed by atoms with Gasteiger partial charge in [-0.25, -0.2) is 13.1 Å². The Kier molecular flexibility index (Phi) is 9.41. The number of carbonyl (C=O) groups is 1. The van der Waals surface area contributed by atoms with Crippen LogP contribution in [0, 0.1) is 0 Å². The summed E-state index contributed by atoms with van der Waals surface area (Å²) in [5, 5.41) is 2.77. The number of nitrogens with one attached hydrogen (secondary N) is 2. The van der Waals surface area contributed by atoms with Crippen LogP contribution in [0.2, 0.25) is 0 Å². The number of aromatic nitrogens is 1. The van der Waals surface area contributed by atoms with Crippen LogP contribution in [0.4, 0.5) is 5.69 Å². The quantitative estimate of drug-likeness (QED) is 0.509. The summed E-state index contributed by atoms with van der Waals surface area (Å²) in [5.74, 6) is 1.11. The first-order chi connectivity index (χ1) is 14.4. The zero-order chi connectivity index (χ0) is 22.0. The van der Waals surface area contributed by atoms with Crippen molar-refractivity contribution in [2.24, 2.45) is 0 Å². The van der Waals surface area contributed by atoms with Gasteiger partial charge < -0.3 is 14.8 Å². The van der Waals surface area contributed by atoms with Gasteiger partial charge in [-0.1, -0.05) is 0 Å². The van der Waals surface area contributed by atoms with E-state index in [-0.39, 0.29) is 5.75 Å². The van der Waals surface area contributed by atoms with Crippen LogP contribution in [-0.2, 0) is 21.4 Å². The van der Waals surface area contributed by atoms with E-state index < -0.39 is 22.0 Å². The molecule has 1 unspecified atom stereocenters. The van der Waals surface area contributed by atoms with E-state index in [0.717, 1.165) is 5.56 Å². The average Bonchev–Trinajstić information content (AvgIpc) is 2.76. The minimum absolute atomic E-state index is 0.0917. The third-order valence-corrected chi connectivity index (χ3v) is 6.25. The molecule has 0 aliphatic carbocycles. The Bertz CT molecular complexity index is 923. The topological polar surface area (TPSA) is 107 Å². The van der Waals surface area contributed by atoms with E-state index in [4.69, 9.17) is 9.47 Å². The Hall–Kier alpha value is -2.30. The highest BCUT2D eigenvalue weighted by molar-refractivity contribution is 7.98. The Morgan fingerprint density at radius 2 is 1.93 bits per heavy atom. The number of anilines is 1. The number of nitrogens with zero attached hydrogens (tertiary/aromatic N) is 1. The molecular weight excluding hydrogens is 426 g/mol. The van der Waals surface area contributed by atoms with E-state index in [0.29, 0.717) is 36.0 Å². The number of benzene rings is 1. The molecule has 0 saturated carbocycles. The largest absolute Gasteiger partial charge is 0.493 e. The highest BCUT2D eigenvalue weighted by atomic mass is 32.2. The van der Waals surface area contributed by atoms with Gasteiger partial charge in [-0.15, -0.1) is 0 Å². The summed E-state index contributed by atoms with van der Waals surface area (Å²) in [7, 11) is -1.98. The van der Waals surface area contributed by atoms with Gasteiger partial charge in [0.1, 0.15) is 12.6 Å². The van der Waals surface area contributed by atoms with Crippen LogP contribution in [0.25, 0.3) is 0 Å². The van der Waals surface area contributed by atoms with Crippen LogP contribution in [0.5, 0.6) is 11.5 Å². The van der Waals surface area contributed by atoms with E-state index >= 15 is 0 Å². The van der Waals surface area contributed by atoms with Crippen LogP contribution >= 0.6 is 11.8 Å². The van der Waals surface area contributed by atoms with E-state index in [9.17, 15) is 13.2 Å². The van der Waals surface area contributed by atoms with E-state index in [1.165, 1.54) is 14.0 Å². The van der Waals surface area contributed by atoms with Gasteiger partial charge in [-0.3, -0.25) is 9.78 Å². The molecule has 0 radical (unpaired) electrons. The molecule has 2 N–H and O–H groups in total. The second-order valence-corrected chi connectivity index (χ2v) is 9.38. The van der Waals surface area contributed by atoms with Crippen molar-refractivity contribution >= 4 is 33.4 Å².